The van der Waals surface area contributed by atoms with Crippen molar-refractivity contribution in [2.24, 2.45) is 11.8 Å². The SMILES string of the molecule is C[C@H]1CC(COC(=O)C(=O)O)CN(CCCOc2ccc(C(=O)N(C)C)cc2)C1. The second-order valence-corrected chi connectivity index (χ2v) is 7.80. The molecule has 1 aliphatic rings. The summed E-state index contributed by atoms with van der Waals surface area (Å²) in [7, 11) is 3.43. The minimum atomic E-state index is -1.55. The topological polar surface area (TPSA) is 96.4 Å². The molecule has 0 aliphatic carbocycles. The lowest BCUT2D eigenvalue weighted by Crippen LogP contribution is -2.42. The van der Waals surface area contributed by atoms with Gasteiger partial charge in [0.1, 0.15) is 5.75 Å². The van der Waals surface area contributed by atoms with Gasteiger partial charge in [-0.2, -0.15) is 0 Å². The molecule has 1 heterocycles. The second-order valence-electron chi connectivity index (χ2n) is 7.80. The van der Waals surface area contributed by atoms with Gasteiger partial charge in [0.05, 0.1) is 13.2 Å². The first-order valence-corrected chi connectivity index (χ1v) is 9.83. The van der Waals surface area contributed by atoms with Crippen LogP contribution >= 0.6 is 0 Å². The maximum absolute atomic E-state index is 11.9. The predicted octanol–water partition coefficient (Wildman–Crippen LogP) is 1.74. The number of rotatable bonds is 8. The summed E-state index contributed by atoms with van der Waals surface area (Å²) in [6.45, 7) is 5.44. The summed E-state index contributed by atoms with van der Waals surface area (Å²) in [5.41, 5.74) is 0.624. The number of ether oxygens (including phenoxy) is 2. The highest BCUT2D eigenvalue weighted by molar-refractivity contribution is 6.28. The molecule has 0 radical (unpaired) electrons. The predicted molar refractivity (Wildman–Crippen MR) is 107 cm³/mol. The minimum absolute atomic E-state index is 0.0423. The van der Waals surface area contributed by atoms with Gasteiger partial charge in [-0.3, -0.25) is 4.79 Å². The third-order valence-electron chi connectivity index (χ3n) is 4.84. The Kier molecular flexibility index (Phi) is 8.45. The molecule has 2 rings (SSSR count). The molecular formula is C21H30N2O6. The Morgan fingerprint density at radius 3 is 2.48 bits per heavy atom. The Balaban J connectivity index is 1.71. The quantitative estimate of drug-likeness (QED) is 0.399. The molecular weight excluding hydrogens is 376 g/mol. The van der Waals surface area contributed by atoms with E-state index in [1.54, 1.807) is 38.4 Å². The van der Waals surface area contributed by atoms with E-state index in [2.05, 4.69) is 11.8 Å². The zero-order chi connectivity index (χ0) is 21.4. The number of benzene rings is 1. The first kappa shape index (κ1) is 22.7. The standard InChI is InChI=1S/C21H30N2O6/c1-15-11-16(14-29-21(27)20(25)26)13-23(12-15)9-4-10-28-18-7-5-17(6-8-18)19(24)22(2)3/h5-8,15-16H,4,9-14H2,1-3H3,(H,25,26)/t15-,16?/m0/s1. The monoisotopic (exact) mass is 406 g/mol. The molecule has 8 heteroatoms. The smallest absolute Gasteiger partial charge is 0.417 e. The number of carbonyl (C=O) groups excluding carboxylic acids is 2. The van der Waals surface area contributed by atoms with Crippen LogP contribution in [-0.4, -0.2) is 79.7 Å². The number of nitrogens with zero attached hydrogens (tertiary/aromatic N) is 2. The Bertz CT molecular complexity index is 704. The van der Waals surface area contributed by atoms with Gasteiger partial charge in [0, 0.05) is 45.2 Å². The van der Waals surface area contributed by atoms with Gasteiger partial charge in [0.15, 0.2) is 0 Å². The third-order valence-corrected chi connectivity index (χ3v) is 4.84. The van der Waals surface area contributed by atoms with E-state index < -0.39 is 11.9 Å². The summed E-state index contributed by atoms with van der Waals surface area (Å²) in [6, 6.07) is 7.11. The molecule has 1 aliphatic heterocycles. The zero-order valence-electron chi connectivity index (χ0n) is 17.3. The number of likely N-dealkylation sites (tertiary alicyclic amines) is 1. The van der Waals surface area contributed by atoms with E-state index in [0.29, 0.717) is 18.1 Å². The Morgan fingerprint density at radius 1 is 1.17 bits per heavy atom. The van der Waals surface area contributed by atoms with Crippen molar-refractivity contribution >= 4 is 17.8 Å². The van der Waals surface area contributed by atoms with Gasteiger partial charge in [-0.1, -0.05) is 6.92 Å². The number of hydrogen-bond donors (Lipinski definition) is 1. The molecule has 1 N–H and O–H groups in total. The van der Waals surface area contributed by atoms with Gasteiger partial charge >= 0.3 is 11.9 Å². The number of carboxylic acid groups (broad SMARTS) is 1. The van der Waals surface area contributed by atoms with Crippen LogP contribution in [0.4, 0.5) is 0 Å². The summed E-state index contributed by atoms with van der Waals surface area (Å²) in [5.74, 6) is -1.46. The highest BCUT2D eigenvalue weighted by Gasteiger charge is 2.26. The van der Waals surface area contributed by atoms with Crippen LogP contribution in [0.25, 0.3) is 0 Å². The molecule has 0 saturated carbocycles. The average Bonchev–Trinajstić information content (AvgIpc) is 2.68. The lowest BCUT2D eigenvalue weighted by atomic mass is 9.91. The van der Waals surface area contributed by atoms with Crippen molar-refractivity contribution in [3.63, 3.8) is 0 Å². The van der Waals surface area contributed by atoms with Crippen molar-refractivity contribution in [2.45, 2.75) is 19.8 Å². The van der Waals surface area contributed by atoms with Gasteiger partial charge < -0.3 is 24.4 Å². The van der Waals surface area contributed by atoms with E-state index in [-0.39, 0.29) is 18.4 Å². The molecule has 1 amide bonds. The van der Waals surface area contributed by atoms with Crippen LogP contribution < -0.4 is 4.74 Å². The van der Waals surface area contributed by atoms with Gasteiger partial charge in [0.25, 0.3) is 5.91 Å². The number of carbonyl (C=O) groups is 3. The van der Waals surface area contributed by atoms with Crippen LogP contribution in [0.1, 0.15) is 30.1 Å². The van der Waals surface area contributed by atoms with Gasteiger partial charge in [-0.05, 0) is 43.0 Å². The zero-order valence-corrected chi connectivity index (χ0v) is 17.3. The Morgan fingerprint density at radius 2 is 1.86 bits per heavy atom. The molecule has 8 nitrogen and oxygen atoms in total. The lowest BCUT2D eigenvalue weighted by Gasteiger charge is -2.36. The number of amides is 1. The first-order chi connectivity index (χ1) is 13.8. The number of aliphatic carboxylic acids is 1. The Hall–Kier alpha value is -2.61. The van der Waals surface area contributed by atoms with Crippen molar-refractivity contribution in [1.29, 1.82) is 0 Å². The van der Waals surface area contributed by atoms with Crippen LogP contribution in [0, 0.1) is 11.8 Å². The summed E-state index contributed by atoms with van der Waals surface area (Å²) < 4.78 is 10.6. The van der Waals surface area contributed by atoms with Gasteiger partial charge in [-0.15, -0.1) is 0 Å². The molecule has 0 aromatic heterocycles. The second kappa shape index (κ2) is 10.8. The van der Waals surface area contributed by atoms with Gasteiger partial charge in [0.2, 0.25) is 0 Å². The lowest BCUT2D eigenvalue weighted by molar-refractivity contribution is -0.165. The van der Waals surface area contributed by atoms with E-state index in [4.69, 9.17) is 14.6 Å². The maximum atomic E-state index is 11.9. The summed E-state index contributed by atoms with van der Waals surface area (Å²) in [6.07, 6.45) is 1.75. The van der Waals surface area contributed by atoms with Crippen LogP contribution in [0.15, 0.2) is 24.3 Å². The maximum Gasteiger partial charge on any atom is 0.417 e. The molecule has 0 bridgehead atoms. The molecule has 1 fully saturated rings. The fourth-order valence-electron chi connectivity index (χ4n) is 3.59. The minimum Gasteiger partial charge on any atom is -0.494 e. The van der Waals surface area contributed by atoms with Crippen LogP contribution in [-0.2, 0) is 14.3 Å². The number of carboxylic acids is 1. The molecule has 1 saturated heterocycles. The van der Waals surface area contributed by atoms with Crippen LogP contribution in [0.5, 0.6) is 5.75 Å². The highest BCUT2D eigenvalue weighted by atomic mass is 16.6. The highest BCUT2D eigenvalue weighted by Crippen LogP contribution is 2.22. The van der Waals surface area contributed by atoms with Crippen molar-refractivity contribution in [1.82, 2.24) is 9.80 Å². The number of piperidine rings is 1. The van der Waals surface area contributed by atoms with Crippen molar-refractivity contribution in [3.8, 4) is 5.75 Å². The van der Waals surface area contributed by atoms with Crippen molar-refractivity contribution < 1.29 is 29.0 Å². The summed E-state index contributed by atoms with van der Waals surface area (Å²) >= 11 is 0. The molecule has 160 valence electrons. The summed E-state index contributed by atoms with van der Waals surface area (Å²) in [4.78, 5) is 37.4. The number of esters is 1. The normalized spacial score (nSPS) is 19.4. The van der Waals surface area contributed by atoms with Gasteiger partial charge in [-0.25, -0.2) is 9.59 Å². The van der Waals surface area contributed by atoms with Crippen molar-refractivity contribution in [2.75, 3.05) is 46.9 Å². The van der Waals surface area contributed by atoms with Crippen molar-refractivity contribution in [3.05, 3.63) is 29.8 Å². The first-order valence-electron chi connectivity index (χ1n) is 9.83. The largest absolute Gasteiger partial charge is 0.494 e. The fraction of sp³-hybridized carbons (Fsp3) is 0.571. The molecule has 1 unspecified atom stereocenters. The van der Waals surface area contributed by atoms with E-state index in [0.717, 1.165) is 38.2 Å². The molecule has 2 atom stereocenters. The summed E-state index contributed by atoms with van der Waals surface area (Å²) in [5, 5.41) is 8.60. The van der Waals surface area contributed by atoms with E-state index >= 15 is 0 Å². The van der Waals surface area contributed by atoms with E-state index in [1.807, 2.05) is 0 Å². The molecule has 1 aromatic carbocycles. The van der Waals surface area contributed by atoms with Crippen LogP contribution in [0.2, 0.25) is 0 Å². The number of hydrogen-bond acceptors (Lipinski definition) is 6. The molecule has 29 heavy (non-hydrogen) atoms. The molecule has 0 spiro atoms. The third kappa shape index (κ3) is 7.38. The van der Waals surface area contributed by atoms with Crippen LogP contribution in [0.3, 0.4) is 0 Å². The average molecular weight is 406 g/mol. The fourth-order valence-corrected chi connectivity index (χ4v) is 3.59. The van der Waals surface area contributed by atoms with E-state index in [1.165, 1.54) is 4.90 Å². The Labute approximate surface area is 171 Å². The van der Waals surface area contributed by atoms with E-state index in [9.17, 15) is 14.4 Å². The molecule has 1 aromatic rings.